The molecule has 3 N–H and O–H groups in total. The van der Waals surface area contributed by atoms with Gasteiger partial charge in [0.1, 0.15) is 0 Å². The molecule has 1 amide bonds. The second-order valence-corrected chi connectivity index (χ2v) is 12.6. The molecular weight excluding hydrogens is 552 g/mol. The summed E-state index contributed by atoms with van der Waals surface area (Å²) >= 11 is 0. The molecule has 44 heavy (non-hydrogen) atoms. The maximum absolute atomic E-state index is 13.8. The lowest BCUT2D eigenvalue weighted by molar-refractivity contribution is 0.0336. The number of aromatic nitrogens is 2. The van der Waals surface area contributed by atoms with Crippen molar-refractivity contribution in [2.75, 3.05) is 37.7 Å². The van der Waals surface area contributed by atoms with Gasteiger partial charge in [-0.2, -0.15) is 0 Å². The summed E-state index contributed by atoms with van der Waals surface area (Å²) in [6, 6.07) is 11.5. The largest absolute Gasteiger partial charge is 0.379 e. The lowest BCUT2D eigenvalue weighted by atomic mass is 9.91. The number of pyridine rings is 2. The van der Waals surface area contributed by atoms with Gasteiger partial charge in [-0.05, 0) is 95.3 Å². The van der Waals surface area contributed by atoms with Gasteiger partial charge < -0.3 is 25.3 Å². The summed E-state index contributed by atoms with van der Waals surface area (Å²) in [5, 5.41) is 6.71. The van der Waals surface area contributed by atoms with Crippen molar-refractivity contribution >= 4 is 11.6 Å². The number of aromatic amines is 1. The van der Waals surface area contributed by atoms with Gasteiger partial charge in [0.15, 0.2) is 0 Å². The number of nitrogens with zero attached hydrogens (tertiary/aromatic N) is 3. The van der Waals surface area contributed by atoms with Gasteiger partial charge in [-0.3, -0.25) is 19.5 Å². The molecule has 4 heterocycles. The zero-order chi connectivity index (χ0) is 31.4. The first-order valence-electron chi connectivity index (χ1n) is 16.0. The summed E-state index contributed by atoms with van der Waals surface area (Å²) in [5.74, 6) is -0.190. The van der Waals surface area contributed by atoms with E-state index in [9.17, 15) is 9.59 Å². The molecule has 236 valence electrons. The molecule has 2 saturated heterocycles. The number of amides is 1. The second kappa shape index (κ2) is 14.1. The molecule has 2 atom stereocenters. The fourth-order valence-electron chi connectivity index (χ4n) is 6.86. The summed E-state index contributed by atoms with van der Waals surface area (Å²) in [4.78, 5) is 39.0. The number of H-pyrrole nitrogens is 1. The Hall–Kier alpha value is -3.53. The minimum absolute atomic E-state index is 0.163. The Morgan fingerprint density at radius 2 is 1.80 bits per heavy atom. The average Bonchev–Trinajstić information content (AvgIpc) is 2.98. The summed E-state index contributed by atoms with van der Waals surface area (Å²) in [5.41, 5.74) is 7.67. The van der Waals surface area contributed by atoms with E-state index in [0.717, 1.165) is 91.6 Å². The normalized spacial score (nSPS) is 20.8. The average molecular weight is 601 g/mol. The molecule has 2 aromatic heterocycles. The number of ether oxygens (including phenoxy) is 1. The number of hydrogen-bond acceptors (Lipinski definition) is 7. The van der Waals surface area contributed by atoms with Gasteiger partial charge >= 0.3 is 0 Å². The smallest absolute Gasteiger partial charge is 0.253 e. The van der Waals surface area contributed by atoms with E-state index in [1.165, 1.54) is 0 Å². The van der Waals surface area contributed by atoms with Crippen LogP contribution in [0.3, 0.4) is 0 Å². The quantitative estimate of drug-likeness (QED) is 0.333. The van der Waals surface area contributed by atoms with Crippen LogP contribution >= 0.6 is 0 Å². The second-order valence-electron chi connectivity index (χ2n) is 12.6. The number of carbonyl (C=O) groups is 1. The first kappa shape index (κ1) is 31.9. The van der Waals surface area contributed by atoms with Gasteiger partial charge in [0.2, 0.25) is 0 Å². The van der Waals surface area contributed by atoms with E-state index >= 15 is 0 Å². The van der Waals surface area contributed by atoms with Crippen molar-refractivity contribution in [1.29, 1.82) is 0 Å². The van der Waals surface area contributed by atoms with E-state index in [2.05, 4.69) is 64.4 Å². The zero-order valence-corrected chi connectivity index (χ0v) is 27.1. The molecule has 9 heteroatoms. The molecule has 2 aliphatic rings. The number of morpholine rings is 1. The highest BCUT2D eigenvalue weighted by atomic mass is 16.5. The van der Waals surface area contributed by atoms with Gasteiger partial charge in [-0.25, -0.2) is 0 Å². The van der Waals surface area contributed by atoms with Crippen LogP contribution in [0, 0.1) is 20.8 Å². The Labute approximate surface area is 261 Å². The fourth-order valence-corrected chi connectivity index (χ4v) is 6.86. The van der Waals surface area contributed by atoms with Crippen molar-refractivity contribution in [1.82, 2.24) is 25.5 Å². The van der Waals surface area contributed by atoms with Crippen LogP contribution in [0.4, 0.5) is 5.69 Å². The number of piperidine rings is 1. The molecule has 0 unspecified atom stereocenters. The molecule has 1 aromatic carbocycles. The van der Waals surface area contributed by atoms with Gasteiger partial charge in [-0.15, -0.1) is 0 Å². The highest BCUT2D eigenvalue weighted by Crippen LogP contribution is 2.34. The zero-order valence-electron chi connectivity index (χ0n) is 27.1. The summed E-state index contributed by atoms with van der Waals surface area (Å²) in [6.07, 6.45) is 4.00. The van der Waals surface area contributed by atoms with Crippen LogP contribution in [-0.4, -0.2) is 71.7 Å². The molecule has 0 bridgehead atoms. The number of rotatable bonds is 9. The SMILES string of the molecule is CCN(c1cc(-c2ccc(CN3CCOCC3)nc2)cc(C(=O)NCc2c(C)cc(C)[nH]c2=O)c1C)C1C[C@@H](C)N[C@H](C)C1. The van der Waals surface area contributed by atoms with E-state index in [1.54, 1.807) is 0 Å². The van der Waals surface area contributed by atoms with Crippen LogP contribution in [0.5, 0.6) is 0 Å². The fraction of sp³-hybridized carbons (Fsp3) is 0.514. The third kappa shape index (κ3) is 7.39. The number of nitrogens with one attached hydrogen (secondary N) is 3. The van der Waals surface area contributed by atoms with E-state index in [-0.39, 0.29) is 18.0 Å². The van der Waals surface area contributed by atoms with Crippen LogP contribution in [0.2, 0.25) is 0 Å². The molecule has 2 fully saturated rings. The molecule has 5 rings (SSSR count). The summed E-state index contributed by atoms with van der Waals surface area (Å²) in [6.45, 7) is 17.6. The minimum atomic E-state index is -0.190. The summed E-state index contributed by atoms with van der Waals surface area (Å²) in [7, 11) is 0. The highest BCUT2D eigenvalue weighted by molar-refractivity contribution is 5.99. The maximum atomic E-state index is 13.8. The predicted octanol–water partition coefficient (Wildman–Crippen LogP) is 4.48. The van der Waals surface area contributed by atoms with Crippen molar-refractivity contribution in [3.8, 4) is 11.1 Å². The predicted molar refractivity (Wildman–Crippen MR) is 176 cm³/mol. The van der Waals surface area contributed by atoms with Crippen LogP contribution < -0.4 is 21.1 Å². The van der Waals surface area contributed by atoms with Crippen LogP contribution in [0.15, 0.2) is 41.3 Å². The Morgan fingerprint density at radius 1 is 1.07 bits per heavy atom. The number of anilines is 1. The van der Waals surface area contributed by atoms with Crippen molar-refractivity contribution in [2.45, 2.75) is 85.6 Å². The third-order valence-corrected chi connectivity index (χ3v) is 9.10. The standard InChI is InChI=1S/C35H48N6O3/c1-7-41(30-15-24(4)38-25(5)16-30)33-18-28(27-8-9-29(36-19-27)21-40-10-12-44-13-11-40)17-31(26(33)6)34(42)37-20-32-22(2)14-23(3)39-35(32)43/h8-9,14,17-19,24-25,30,38H,7,10-13,15-16,20-21H2,1-6H3,(H,37,42)(H,39,43)/t24-,25-/m1/s1. The van der Waals surface area contributed by atoms with E-state index in [4.69, 9.17) is 9.72 Å². The Bertz CT molecular complexity index is 1500. The van der Waals surface area contributed by atoms with Crippen LogP contribution in [0.1, 0.15) is 72.0 Å². The molecule has 2 aliphatic heterocycles. The van der Waals surface area contributed by atoms with Gasteiger partial charge in [0.25, 0.3) is 11.5 Å². The molecule has 0 aliphatic carbocycles. The van der Waals surface area contributed by atoms with Gasteiger partial charge in [-0.1, -0.05) is 6.07 Å². The van der Waals surface area contributed by atoms with Crippen molar-refractivity contribution in [3.05, 3.63) is 80.5 Å². The van der Waals surface area contributed by atoms with E-state index in [0.29, 0.717) is 29.3 Å². The molecule has 3 aromatic rings. The van der Waals surface area contributed by atoms with Crippen molar-refractivity contribution in [2.24, 2.45) is 0 Å². The topological polar surface area (TPSA) is 103 Å². The maximum Gasteiger partial charge on any atom is 0.253 e. The monoisotopic (exact) mass is 600 g/mol. The van der Waals surface area contributed by atoms with E-state index < -0.39 is 0 Å². The molecule has 0 saturated carbocycles. The van der Waals surface area contributed by atoms with Crippen LogP contribution in [-0.2, 0) is 17.8 Å². The Balaban J connectivity index is 1.48. The highest BCUT2D eigenvalue weighted by Gasteiger charge is 2.29. The Morgan fingerprint density at radius 3 is 2.43 bits per heavy atom. The van der Waals surface area contributed by atoms with Crippen molar-refractivity contribution < 1.29 is 9.53 Å². The number of aryl methyl sites for hydroxylation is 2. The molecular formula is C35H48N6O3. The number of carbonyl (C=O) groups excluding carboxylic acids is 1. The van der Waals surface area contributed by atoms with Crippen molar-refractivity contribution in [3.63, 3.8) is 0 Å². The number of benzene rings is 1. The third-order valence-electron chi connectivity index (χ3n) is 9.10. The first-order valence-corrected chi connectivity index (χ1v) is 16.0. The molecule has 0 radical (unpaired) electrons. The minimum Gasteiger partial charge on any atom is -0.379 e. The van der Waals surface area contributed by atoms with E-state index in [1.807, 2.05) is 39.1 Å². The van der Waals surface area contributed by atoms with Gasteiger partial charge in [0, 0.05) is 85.1 Å². The molecule has 0 spiro atoms. The Kier molecular flexibility index (Phi) is 10.2. The van der Waals surface area contributed by atoms with Crippen LogP contribution in [0.25, 0.3) is 11.1 Å². The summed E-state index contributed by atoms with van der Waals surface area (Å²) < 4.78 is 5.49. The lowest BCUT2D eigenvalue weighted by Crippen LogP contribution is -2.51. The number of hydrogen-bond donors (Lipinski definition) is 3. The molecule has 9 nitrogen and oxygen atoms in total. The lowest BCUT2D eigenvalue weighted by Gasteiger charge is -2.41. The first-order chi connectivity index (χ1) is 21.1. The van der Waals surface area contributed by atoms with Gasteiger partial charge in [0.05, 0.1) is 18.9 Å².